The van der Waals surface area contributed by atoms with Crippen LogP contribution in [0.2, 0.25) is 0 Å². The van der Waals surface area contributed by atoms with Crippen LogP contribution in [-0.4, -0.2) is 44.0 Å². The number of nitrogens with zero attached hydrogens (tertiary/aromatic N) is 3. The Morgan fingerprint density at radius 2 is 1.59 bits per heavy atom. The third-order valence-corrected chi connectivity index (χ3v) is 2.45. The second-order valence-corrected chi connectivity index (χ2v) is 4.33. The summed E-state index contributed by atoms with van der Waals surface area (Å²) in [5.74, 6) is 0.989. The van der Waals surface area contributed by atoms with Crippen molar-refractivity contribution in [3.63, 3.8) is 0 Å². The van der Waals surface area contributed by atoms with Gasteiger partial charge in [-0.2, -0.15) is 0 Å². The molecule has 0 spiro atoms. The van der Waals surface area contributed by atoms with E-state index in [0.29, 0.717) is 0 Å². The lowest BCUT2D eigenvalue weighted by atomic mass is 10.1. The number of benzene rings is 1. The SMILES string of the molecule is Cc1ccccc1CN=C(N(C)C)N(C)C.I. The molecule has 0 unspecified atom stereocenters. The monoisotopic (exact) mass is 347 g/mol. The number of hydrogen-bond donors (Lipinski definition) is 0. The van der Waals surface area contributed by atoms with Gasteiger partial charge < -0.3 is 9.80 Å². The third kappa shape index (κ3) is 4.93. The highest BCUT2D eigenvalue weighted by molar-refractivity contribution is 14.0. The fourth-order valence-electron chi connectivity index (χ4n) is 1.63. The number of rotatable bonds is 2. The number of halogens is 1. The Kier molecular flexibility index (Phi) is 7.18. The summed E-state index contributed by atoms with van der Waals surface area (Å²) < 4.78 is 0. The summed E-state index contributed by atoms with van der Waals surface area (Å²) >= 11 is 0. The minimum atomic E-state index is 0. The van der Waals surface area contributed by atoms with Gasteiger partial charge in [0.1, 0.15) is 0 Å². The van der Waals surface area contributed by atoms with Crippen LogP contribution < -0.4 is 0 Å². The van der Waals surface area contributed by atoms with Gasteiger partial charge in [-0.25, -0.2) is 4.99 Å². The van der Waals surface area contributed by atoms with Crippen molar-refractivity contribution in [2.75, 3.05) is 28.2 Å². The lowest BCUT2D eigenvalue weighted by molar-refractivity contribution is 0.479. The topological polar surface area (TPSA) is 18.8 Å². The summed E-state index contributed by atoms with van der Waals surface area (Å²) in [6.07, 6.45) is 0. The molecule has 3 nitrogen and oxygen atoms in total. The van der Waals surface area contributed by atoms with Crippen molar-refractivity contribution < 1.29 is 0 Å². The van der Waals surface area contributed by atoms with E-state index in [-0.39, 0.29) is 24.0 Å². The van der Waals surface area contributed by atoms with E-state index in [1.165, 1.54) is 11.1 Å². The van der Waals surface area contributed by atoms with Gasteiger partial charge in [-0.1, -0.05) is 24.3 Å². The highest BCUT2D eigenvalue weighted by atomic mass is 127. The summed E-state index contributed by atoms with van der Waals surface area (Å²) in [6, 6.07) is 8.36. The molecule has 0 heterocycles. The van der Waals surface area contributed by atoms with Crippen LogP contribution in [0.5, 0.6) is 0 Å². The Balaban J connectivity index is 0.00000256. The molecule has 1 aromatic rings. The van der Waals surface area contributed by atoms with Crippen molar-refractivity contribution in [3.05, 3.63) is 35.4 Å². The highest BCUT2D eigenvalue weighted by Crippen LogP contribution is 2.08. The summed E-state index contributed by atoms with van der Waals surface area (Å²) in [6.45, 7) is 2.86. The largest absolute Gasteiger partial charge is 0.349 e. The van der Waals surface area contributed by atoms with E-state index in [1.54, 1.807) is 0 Å². The minimum Gasteiger partial charge on any atom is -0.349 e. The number of hydrogen-bond acceptors (Lipinski definition) is 1. The van der Waals surface area contributed by atoms with Gasteiger partial charge >= 0.3 is 0 Å². The maximum atomic E-state index is 4.62. The lowest BCUT2D eigenvalue weighted by Gasteiger charge is -2.22. The van der Waals surface area contributed by atoms with E-state index in [9.17, 15) is 0 Å². The molecule has 0 N–H and O–H groups in total. The molecule has 0 aliphatic carbocycles. The van der Waals surface area contributed by atoms with E-state index in [4.69, 9.17) is 0 Å². The minimum absolute atomic E-state index is 0. The van der Waals surface area contributed by atoms with E-state index >= 15 is 0 Å². The summed E-state index contributed by atoms with van der Waals surface area (Å²) in [5, 5.41) is 0. The van der Waals surface area contributed by atoms with Crippen LogP contribution in [0.15, 0.2) is 29.3 Å². The Labute approximate surface area is 122 Å². The van der Waals surface area contributed by atoms with Crippen molar-refractivity contribution in [3.8, 4) is 0 Å². The first-order valence-corrected chi connectivity index (χ1v) is 5.46. The van der Waals surface area contributed by atoms with Gasteiger partial charge in [0, 0.05) is 28.2 Å². The molecule has 96 valence electrons. The molecule has 0 aromatic heterocycles. The van der Waals surface area contributed by atoms with Crippen LogP contribution in [0, 0.1) is 6.92 Å². The first-order chi connectivity index (χ1) is 7.52. The maximum Gasteiger partial charge on any atom is 0.195 e. The Bertz CT molecular complexity index is 363. The molecule has 1 aromatic carbocycles. The Hall–Kier alpha value is -0.780. The van der Waals surface area contributed by atoms with Crippen LogP contribution in [-0.2, 0) is 6.54 Å². The summed E-state index contributed by atoms with van der Waals surface area (Å²) in [7, 11) is 8.04. The van der Waals surface area contributed by atoms with E-state index in [1.807, 2.05) is 38.0 Å². The first kappa shape index (κ1) is 16.2. The van der Waals surface area contributed by atoms with Crippen molar-refractivity contribution in [2.45, 2.75) is 13.5 Å². The van der Waals surface area contributed by atoms with Gasteiger partial charge in [0.05, 0.1) is 6.54 Å². The van der Waals surface area contributed by atoms with Gasteiger partial charge in [-0.05, 0) is 18.1 Å². The predicted molar refractivity (Wildman–Crippen MR) is 85.1 cm³/mol. The molecule has 0 fully saturated rings. The van der Waals surface area contributed by atoms with Crippen molar-refractivity contribution in [1.29, 1.82) is 0 Å². The van der Waals surface area contributed by atoms with Crippen LogP contribution in [0.3, 0.4) is 0 Å². The molecule has 0 atom stereocenters. The average Bonchev–Trinajstić information content (AvgIpc) is 2.20. The molecular formula is C13H22IN3. The molecule has 0 amide bonds. The van der Waals surface area contributed by atoms with Crippen molar-refractivity contribution in [2.24, 2.45) is 4.99 Å². The highest BCUT2D eigenvalue weighted by Gasteiger charge is 2.04. The molecule has 17 heavy (non-hydrogen) atoms. The van der Waals surface area contributed by atoms with Gasteiger partial charge in [0.2, 0.25) is 0 Å². The molecule has 0 aliphatic heterocycles. The molecule has 0 saturated carbocycles. The lowest BCUT2D eigenvalue weighted by Crippen LogP contribution is -2.35. The zero-order valence-corrected chi connectivity index (χ0v) is 13.6. The number of guanidine groups is 1. The third-order valence-electron chi connectivity index (χ3n) is 2.45. The Morgan fingerprint density at radius 3 is 2.06 bits per heavy atom. The van der Waals surface area contributed by atoms with Crippen LogP contribution >= 0.6 is 24.0 Å². The zero-order valence-electron chi connectivity index (χ0n) is 11.3. The quantitative estimate of drug-likeness (QED) is 0.465. The normalized spacial score (nSPS) is 9.24. The molecule has 0 aliphatic rings. The van der Waals surface area contributed by atoms with Gasteiger partial charge in [0.15, 0.2) is 5.96 Å². The maximum absolute atomic E-state index is 4.62. The molecule has 4 heteroatoms. The van der Waals surface area contributed by atoms with Crippen molar-refractivity contribution in [1.82, 2.24) is 9.80 Å². The molecular weight excluding hydrogens is 325 g/mol. The second-order valence-electron chi connectivity index (χ2n) is 4.33. The van der Waals surface area contributed by atoms with Gasteiger partial charge in [0.25, 0.3) is 0 Å². The number of aliphatic imine (C=N–C) groups is 1. The molecule has 0 saturated heterocycles. The molecule has 1 rings (SSSR count). The summed E-state index contributed by atoms with van der Waals surface area (Å²) in [5.41, 5.74) is 2.58. The van der Waals surface area contributed by atoms with Crippen molar-refractivity contribution >= 4 is 29.9 Å². The Morgan fingerprint density at radius 1 is 1.06 bits per heavy atom. The zero-order chi connectivity index (χ0) is 12.1. The second kappa shape index (κ2) is 7.53. The average molecular weight is 347 g/mol. The van der Waals surface area contributed by atoms with Gasteiger partial charge in [-0.3, -0.25) is 0 Å². The van der Waals surface area contributed by atoms with E-state index in [2.05, 4.69) is 36.2 Å². The van der Waals surface area contributed by atoms with E-state index in [0.717, 1.165) is 12.5 Å². The number of aryl methyl sites for hydroxylation is 1. The molecule has 0 bridgehead atoms. The summed E-state index contributed by atoms with van der Waals surface area (Å²) in [4.78, 5) is 8.67. The smallest absolute Gasteiger partial charge is 0.195 e. The van der Waals surface area contributed by atoms with E-state index < -0.39 is 0 Å². The fraction of sp³-hybridized carbons (Fsp3) is 0.462. The van der Waals surface area contributed by atoms with Gasteiger partial charge in [-0.15, -0.1) is 24.0 Å². The standard InChI is InChI=1S/C13H21N3.HI/c1-11-8-6-7-9-12(11)10-14-13(15(2)3)16(4)5;/h6-9H,10H2,1-5H3;1H. The predicted octanol–water partition coefficient (Wildman–Crippen LogP) is 2.59. The molecule has 0 radical (unpaired) electrons. The first-order valence-electron chi connectivity index (χ1n) is 5.46. The fourth-order valence-corrected chi connectivity index (χ4v) is 1.63. The van der Waals surface area contributed by atoms with Crippen LogP contribution in [0.25, 0.3) is 0 Å². The van der Waals surface area contributed by atoms with Crippen LogP contribution in [0.4, 0.5) is 0 Å². The van der Waals surface area contributed by atoms with Crippen LogP contribution in [0.1, 0.15) is 11.1 Å².